The molecule has 1 aliphatic heterocycles. The number of halogens is 1. The number of benzene rings is 1. The molecule has 2 atom stereocenters. The van der Waals surface area contributed by atoms with Gasteiger partial charge in [-0.15, -0.1) is 0 Å². The highest BCUT2D eigenvalue weighted by Crippen LogP contribution is 2.38. The van der Waals surface area contributed by atoms with E-state index in [-0.39, 0.29) is 23.9 Å². The lowest BCUT2D eigenvalue weighted by atomic mass is 9.77. The van der Waals surface area contributed by atoms with Gasteiger partial charge >= 0.3 is 5.97 Å². The summed E-state index contributed by atoms with van der Waals surface area (Å²) in [4.78, 5) is 11.6. The van der Waals surface area contributed by atoms with Crippen LogP contribution in [0.15, 0.2) is 24.3 Å². The summed E-state index contributed by atoms with van der Waals surface area (Å²) in [6.07, 6.45) is 4.29. The summed E-state index contributed by atoms with van der Waals surface area (Å²) in [6.45, 7) is 0.497. The van der Waals surface area contributed by atoms with Gasteiger partial charge in [0.25, 0.3) is 0 Å². The maximum absolute atomic E-state index is 13.0. The summed E-state index contributed by atoms with van der Waals surface area (Å²) in [7, 11) is 0. The van der Waals surface area contributed by atoms with Crippen molar-refractivity contribution in [2.75, 3.05) is 6.61 Å². The molecule has 1 heterocycles. The van der Waals surface area contributed by atoms with Crippen LogP contribution >= 0.6 is 0 Å². The second kappa shape index (κ2) is 5.29. The highest BCUT2D eigenvalue weighted by atomic mass is 19.1. The van der Waals surface area contributed by atoms with Crippen molar-refractivity contribution in [1.29, 1.82) is 0 Å². The van der Waals surface area contributed by atoms with Crippen LogP contribution in [0.3, 0.4) is 0 Å². The molecule has 1 saturated heterocycles. The molecule has 1 aromatic carbocycles. The normalized spacial score (nSPS) is 24.9. The van der Waals surface area contributed by atoms with Crippen LogP contribution in [0.25, 0.3) is 0 Å². The van der Waals surface area contributed by atoms with Crippen LogP contribution < -0.4 is 5.32 Å². The Balaban J connectivity index is 1.77. The average molecular weight is 263 g/mol. The molecule has 4 heteroatoms. The molecule has 0 unspecified atom stereocenters. The third-order valence-corrected chi connectivity index (χ3v) is 4.17. The van der Waals surface area contributed by atoms with Crippen molar-refractivity contribution in [1.82, 2.24) is 5.32 Å². The van der Waals surface area contributed by atoms with Crippen molar-refractivity contribution >= 4 is 5.97 Å². The van der Waals surface area contributed by atoms with Gasteiger partial charge in [0.2, 0.25) is 0 Å². The largest absolute Gasteiger partial charge is 0.464 e. The van der Waals surface area contributed by atoms with Crippen molar-refractivity contribution in [2.24, 2.45) is 5.92 Å². The molecule has 0 amide bonds. The molecule has 3 nitrogen and oxygen atoms in total. The minimum absolute atomic E-state index is 0.130. The van der Waals surface area contributed by atoms with Crippen LogP contribution in [0.2, 0.25) is 0 Å². The molecular weight excluding hydrogens is 245 g/mol. The zero-order valence-corrected chi connectivity index (χ0v) is 10.8. The molecule has 0 spiro atoms. The lowest BCUT2D eigenvalue weighted by Crippen LogP contribution is -2.41. The number of hydrogen-bond donors (Lipinski definition) is 1. The van der Waals surface area contributed by atoms with Crippen LogP contribution in [0.5, 0.6) is 0 Å². The van der Waals surface area contributed by atoms with E-state index in [1.807, 2.05) is 12.1 Å². The van der Waals surface area contributed by atoms with E-state index in [0.29, 0.717) is 12.5 Å². The maximum Gasteiger partial charge on any atom is 0.323 e. The Morgan fingerprint density at radius 3 is 2.47 bits per heavy atom. The van der Waals surface area contributed by atoms with Gasteiger partial charge in [0.05, 0.1) is 6.61 Å². The number of rotatable bonds is 4. The standard InChI is InChI=1S/C15H18FNO2/c16-12-6-4-11(5-7-12)14(10-2-1-3-10)17-13-8-9-19-15(13)18/h4-7,10,13-14,17H,1-3,8-9H2/t13-,14+/m1/s1. The minimum atomic E-state index is -0.226. The Bertz CT molecular complexity index is 456. The first-order valence-electron chi connectivity index (χ1n) is 6.92. The third kappa shape index (κ3) is 2.63. The molecule has 3 rings (SSSR count). The number of esters is 1. The topological polar surface area (TPSA) is 38.3 Å². The number of carbonyl (C=O) groups excluding carboxylic acids is 1. The molecule has 19 heavy (non-hydrogen) atoms. The highest BCUT2D eigenvalue weighted by molar-refractivity contribution is 5.77. The van der Waals surface area contributed by atoms with Crippen LogP contribution in [0.1, 0.15) is 37.3 Å². The number of cyclic esters (lactones) is 1. The second-order valence-corrected chi connectivity index (χ2v) is 5.40. The predicted molar refractivity (Wildman–Crippen MR) is 69.0 cm³/mol. The fourth-order valence-electron chi connectivity index (χ4n) is 2.81. The van der Waals surface area contributed by atoms with Crippen LogP contribution in [0.4, 0.5) is 4.39 Å². The molecule has 2 aliphatic rings. The first-order chi connectivity index (χ1) is 9.24. The van der Waals surface area contributed by atoms with Gasteiger partial charge in [-0.05, 0) is 36.5 Å². The van der Waals surface area contributed by atoms with E-state index >= 15 is 0 Å². The van der Waals surface area contributed by atoms with Gasteiger partial charge in [-0.3, -0.25) is 10.1 Å². The number of nitrogens with one attached hydrogen (secondary N) is 1. The van der Waals surface area contributed by atoms with E-state index in [4.69, 9.17) is 4.74 Å². The number of carbonyl (C=O) groups is 1. The smallest absolute Gasteiger partial charge is 0.323 e. The van der Waals surface area contributed by atoms with Crippen LogP contribution in [-0.2, 0) is 9.53 Å². The fraction of sp³-hybridized carbons (Fsp3) is 0.533. The number of ether oxygens (including phenoxy) is 1. The summed E-state index contributed by atoms with van der Waals surface area (Å²) in [5, 5.41) is 3.41. The van der Waals surface area contributed by atoms with Crippen molar-refractivity contribution in [3.05, 3.63) is 35.6 Å². The van der Waals surface area contributed by atoms with Crippen LogP contribution in [0, 0.1) is 11.7 Å². The van der Waals surface area contributed by atoms with Crippen LogP contribution in [-0.4, -0.2) is 18.6 Å². The summed E-state index contributed by atoms with van der Waals surface area (Å²) < 4.78 is 18.0. The van der Waals surface area contributed by atoms with E-state index in [1.165, 1.54) is 18.6 Å². The molecule has 0 aromatic heterocycles. The van der Waals surface area contributed by atoms with E-state index in [0.717, 1.165) is 24.8 Å². The summed E-state index contributed by atoms with van der Waals surface area (Å²) in [6, 6.07) is 6.50. The Hall–Kier alpha value is -1.42. The molecule has 102 valence electrons. The van der Waals surface area contributed by atoms with Gasteiger partial charge in [-0.1, -0.05) is 18.6 Å². The summed E-state index contributed by atoms with van der Waals surface area (Å²) >= 11 is 0. The Kier molecular flexibility index (Phi) is 3.51. The first kappa shape index (κ1) is 12.6. The zero-order chi connectivity index (χ0) is 13.2. The van der Waals surface area contributed by atoms with Gasteiger partial charge in [0.1, 0.15) is 11.9 Å². The Morgan fingerprint density at radius 2 is 1.95 bits per heavy atom. The van der Waals surface area contributed by atoms with E-state index in [9.17, 15) is 9.18 Å². The monoisotopic (exact) mass is 263 g/mol. The van der Waals surface area contributed by atoms with Crippen molar-refractivity contribution in [3.8, 4) is 0 Å². The molecule has 2 fully saturated rings. The molecule has 0 bridgehead atoms. The van der Waals surface area contributed by atoms with Gasteiger partial charge in [0.15, 0.2) is 0 Å². The van der Waals surface area contributed by atoms with Crippen molar-refractivity contribution < 1.29 is 13.9 Å². The predicted octanol–water partition coefficient (Wildman–Crippen LogP) is 2.57. The van der Waals surface area contributed by atoms with Gasteiger partial charge in [-0.25, -0.2) is 4.39 Å². The van der Waals surface area contributed by atoms with Gasteiger partial charge in [0, 0.05) is 12.5 Å². The van der Waals surface area contributed by atoms with E-state index in [2.05, 4.69) is 5.32 Å². The second-order valence-electron chi connectivity index (χ2n) is 5.40. The minimum Gasteiger partial charge on any atom is -0.464 e. The molecular formula is C15H18FNO2. The first-order valence-corrected chi connectivity index (χ1v) is 6.92. The Labute approximate surface area is 112 Å². The Morgan fingerprint density at radius 1 is 1.21 bits per heavy atom. The van der Waals surface area contributed by atoms with Gasteiger partial charge < -0.3 is 4.74 Å². The lowest BCUT2D eigenvalue weighted by molar-refractivity contribution is -0.140. The lowest BCUT2D eigenvalue weighted by Gasteiger charge is -2.35. The highest BCUT2D eigenvalue weighted by Gasteiger charge is 2.34. The average Bonchev–Trinajstić information content (AvgIpc) is 2.73. The summed E-state index contributed by atoms with van der Waals surface area (Å²) in [5.74, 6) is 0.154. The summed E-state index contributed by atoms with van der Waals surface area (Å²) in [5.41, 5.74) is 1.06. The van der Waals surface area contributed by atoms with E-state index in [1.54, 1.807) is 0 Å². The fourth-order valence-corrected chi connectivity index (χ4v) is 2.81. The van der Waals surface area contributed by atoms with Gasteiger partial charge in [-0.2, -0.15) is 0 Å². The molecule has 1 aliphatic carbocycles. The SMILES string of the molecule is O=C1OCC[C@H]1N[C@H](c1ccc(F)cc1)C1CCC1. The number of hydrogen-bond acceptors (Lipinski definition) is 3. The quantitative estimate of drug-likeness (QED) is 0.848. The van der Waals surface area contributed by atoms with Crippen molar-refractivity contribution in [3.63, 3.8) is 0 Å². The van der Waals surface area contributed by atoms with E-state index < -0.39 is 0 Å². The maximum atomic E-state index is 13.0. The molecule has 0 radical (unpaired) electrons. The molecule has 1 aromatic rings. The zero-order valence-electron chi connectivity index (χ0n) is 10.8. The molecule has 1 N–H and O–H groups in total. The third-order valence-electron chi connectivity index (χ3n) is 4.17. The van der Waals surface area contributed by atoms with Crippen molar-refractivity contribution in [2.45, 2.75) is 37.8 Å². The molecule has 1 saturated carbocycles.